The number of carbonyl (C=O) groups is 2. The summed E-state index contributed by atoms with van der Waals surface area (Å²) in [6.45, 7) is 4.62. The molecule has 1 heterocycles. The molecule has 0 radical (unpaired) electrons. The molecule has 0 bridgehead atoms. The molecule has 0 saturated heterocycles. The zero-order valence-corrected chi connectivity index (χ0v) is 14.3. The van der Waals surface area contributed by atoms with E-state index >= 15 is 0 Å². The van der Waals surface area contributed by atoms with E-state index in [2.05, 4.69) is 10.3 Å². The summed E-state index contributed by atoms with van der Waals surface area (Å²) in [5.41, 5.74) is 0.00814. The predicted octanol–water partition coefficient (Wildman–Crippen LogP) is 1.52. The van der Waals surface area contributed by atoms with Gasteiger partial charge in [-0.1, -0.05) is 5.21 Å². The number of likely N-dealkylation sites (N-methyl/N-ethyl adjacent to an activating group) is 1. The molecule has 24 heavy (non-hydrogen) atoms. The number of carboxylic acids is 1. The number of carboxylic acid groups (broad SMARTS) is 1. The van der Waals surface area contributed by atoms with E-state index in [1.54, 1.807) is 38.3 Å². The van der Waals surface area contributed by atoms with Crippen LogP contribution in [0.25, 0.3) is 5.69 Å². The molecular weight excluding hydrogens is 312 g/mol. The number of amides is 1. The third-order valence-electron chi connectivity index (χ3n) is 4.08. The van der Waals surface area contributed by atoms with Crippen LogP contribution in [0, 0.1) is 6.92 Å². The van der Waals surface area contributed by atoms with Crippen LogP contribution in [0.2, 0.25) is 0 Å². The van der Waals surface area contributed by atoms with Crippen LogP contribution >= 0.6 is 0 Å². The highest BCUT2D eigenvalue weighted by Gasteiger charge is 2.37. The Labute approximate surface area is 139 Å². The summed E-state index contributed by atoms with van der Waals surface area (Å²) in [7, 11) is 3.01. The second-order valence-corrected chi connectivity index (χ2v) is 5.86. The molecule has 0 atom stereocenters. The van der Waals surface area contributed by atoms with Gasteiger partial charge in [0.15, 0.2) is 5.69 Å². The van der Waals surface area contributed by atoms with Gasteiger partial charge in [0.25, 0.3) is 5.91 Å². The highest BCUT2D eigenvalue weighted by Crippen LogP contribution is 2.20. The van der Waals surface area contributed by atoms with Gasteiger partial charge in [-0.3, -0.25) is 4.79 Å². The van der Waals surface area contributed by atoms with E-state index in [0.29, 0.717) is 11.4 Å². The molecule has 0 fully saturated rings. The van der Waals surface area contributed by atoms with Crippen LogP contribution in [0.4, 0.5) is 0 Å². The molecule has 0 aliphatic heterocycles. The topological polar surface area (TPSA) is 97.5 Å². The number of aromatic nitrogens is 3. The van der Waals surface area contributed by atoms with Gasteiger partial charge in [-0.05, 0) is 45.0 Å². The molecule has 1 aromatic heterocycles. The van der Waals surface area contributed by atoms with E-state index in [4.69, 9.17) is 4.74 Å². The van der Waals surface area contributed by atoms with Gasteiger partial charge in [0.1, 0.15) is 11.3 Å². The number of carbonyl (C=O) groups excluding carboxylic acids is 1. The highest BCUT2D eigenvalue weighted by atomic mass is 16.5. The van der Waals surface area contributed by atoms with Crippen molar-refractivity contribution in [3.8, 4) is 11.4 Å². The van der Waals surface area contributed by atoms with Crippen molar-refractivity contribution >= 4 is 11.9 Å². The molecule has 1 amide bonds. The number of nitrogens with zero attached hydrogens (tertiary/aromatic N) is 4. The molecule has 0 saturated carbocycles. The molecular formula is C16H20N4O4. The number of methoxy groups -OCH3 is 1. The predicted molar refractivity (Wildman–Crippen MR) is 86.5 cm³/mol. The Balaban J connectivity index is 2.35. The summed E-state index contributed by atoms with van der Waals surface area (Å²) in [5, 5.41) is 17.2. The molecule has 0 unspecified atom stereocenters. The fourth-order valence-corrected chi connectivity index (χ4v) is 2.05. The molecule has 8 nitrogen and oxygen atoms in total. The minimum absolute atomic E-state index is 0.114. The third kappa shape index (κ3) is 2.94. The average Bonchev–Trinajstić information content (AvgIpc) is 2.94. The molecule has 128 valence electrons. The maximum absolute atomic E-state index is 12.6. The number of hydrogen-bond donors (Lipinski definition) is 1. The van der Waals surface area contributed by atoms with Crippen LogP contribution in [0.15, 0.2) is 24.3 Å². The Kier molecular flexibility index (Phi) is 4.59. The summed E-state index contributed by atoms with van der Waals surface area (Å²) in [6, 6.07) is 7.13. The summed E-state index contributed by atoms with van der Waals surface area (Å²) >= 11 is 0. The van der Waals surface area contributed by atoms with Crippen LogP contribution in [-0.2, 0) is 4.79 Å². The number of hydrogen-bond acceptors (Lipinski definition) is 5. The van der Waals surface area contributed by atoms with Gasteiger partial charge in [0.2, 0.25) is 0 Å². The fourth-order valence-electron chi connectivity index (χ4n) is 2.05. The normalized spacial score (nSPS) is 11.2. The third-order valence-corrected chi connectivity index (χ3v) is 4.08. The smallest absolute Gasteiger partial charge is 0.329 e. The van der Waals surface area contributed by atoms with Crippen LogP contribution in [0.5, 0.6) is 5.75 Å². The molecule has 0 aliphatic carbocycles. The van der Waals surface area contributed by atoms with Gasteiger partial charge in [0, 0.05) is 7.05 Å². The number of ether oxygens (including phenoxy) is 1. The molecule has 1 aromatic carbocycles. The largest absolute Gasteiger partial charge is 0.497 e. The quantitative estimate of drug-likeness (QED) is 0.891. The summed E-state index contributed by atoms with van der Waals surface area (Å²) in [6.07, 6.45) is 0. The summed E-state index contributed by atoms with van der Waals surface area (Å²) in [4.78, 5) is 25.1. The zero-order valence-electron chi connectivity index (χ0n) is 14.3. The Morgan fingerprint density at radius 3 is 2.33 bits per heavy atom. The Hall–Kier alpha value is -2.90. The van der Waals surface area contributed by atoms with Crippen molar-refractivity contribution in [2.45, 2.75) is 26.3 Å². The molecule has 0 aliphatic rings. The summed E-state index contributed by atoms with van der Waals surface area (Å²) in [5.74, 6) is -0.894. The maximum atomic E-state index is 12.6. The zero-order chi connectivity index (χ0) is 18.1. The lowest BCUT2D eigenvalue weighted by Gasteiger charge is -2.30. The van der Waals surface area contributed by atoms with Crippen LogP contribution in [-0.4, -0.2) is 56.6 Å². The van der Waals surface area contributed by atoms with E-state index in [9.17, 15) is 14.7 Å². The average molecular weight is 332 g/mol. The van der Waals surface area contributed by atoms with Crippen LogP contribution < -0.4 is 4.74 Å². The minimum Gasteiger partial charge on any atom is -0.497 e. The van der Waals surface area contributed by atoms with E-state index in [1.165, 1.54) is 25.6 Å². The van der Waals surface area contributed by atoms with E-state index in [0.717, 1.165) is 10.6 Å². The SMILES string of the molecule is COc1ccc(-n2nnc(C(=O)N(C)C(C)(C)C(=O)O)c2C)cc1. The number of benzene rings is 1. The monoisotopic (exact) mass is 332 g/mol. The lowest BCUT2D eigenvalue weighted by Crippen LogP contribution is -2.51. The van der Waals surface area contributed by atoms with E-state index in [-0.39, 0.29) is 5.69 Å². The van der Waals surface area contributed by atoms with E-state index < -0.39 is 17.4 Å². The number of aliphatic carboxylic acids is 1. The Morgan fingerprint density at radius 2 is 1.83 bits per heavy atom. The first kappa shape index (κ1) is 17.5. The van der Waals surface area contributed by atoms with Crippen molar-refractivity contribution in [2.75, 3.05) is 14.2 Å². The summed E-state index contributed by atoms with van der Waals surface area (Å²) < 4.78 is 6.63. The van der Waals surface area contributed by atoms with Crippen LogP contribution in [0.3, 0.4) is 0 Å². The first-order valence-electron chi connectivity index (χ1n) is 7.28. The van der Waals surface area contributed by atoms with Gasteiger partial charge in [-0.15, -0.1) is 5.10 Å². The van der Waals surface area contributed by atoms with E-state index in [1.807, 2.05) is 0 Å². The van der Waals surface area contributed by atoms with Crippen molar-refractivity contribution in [1.82, 2.24) is 19.9 Å². The maximum Gasteiger partial charge on any atom is 0.329 e. The highest BCUT2D eigenvalue weighted by molar-refractivity contribution is 5.96. The molecule has 2 aromatic rings. The Morgan fingerprint density at radius 1 is 1.25 bits per heavy atom. The van der Waals surface area contributed by atoms with Crippen molar-refractivity contribution in [2.24, 2.45) is 0 Å². The lowest BCUT2D eigenvalue weighted by molar-refractivity contribution is -0.147. The van der Waals surface area contributed by atoms with Crippen molar-refractivity contribution in [3.05, 3.63) is 35.7 Å². The molecule has 2 rings (SSSR count). The molecule has 0 spiro atoms. The second-order valence-electron chi connectivity index (χ2n) is 5.86. The Bertz CT molecular complexity index is 765. The first-order chi connectivity index (χ1) is 11.2. The van der Waals surface area contributed by atoms with Crippen LogP contribution in [0.1, 0.15) is 30.0 Å². The van der Waals surface area contributed by atoms with Gasteiger partial charge in [-0.25, -0.2) is 9.48 Å². The standard InChI is InChI=1S/C16H20N4O4/c1-10-13(14(21)19(4)16(2,3)15(22)23)17-18-20(10)11-6-8-12(24-5)9-7-11/h6-9H,1-5H3,(H,22,23). The van der Waals surface area contributed by atoms with Crippen molar-refractivity contribution < 1.29 is 19.4 Å². The molecule has 1 N–H and O–H groups in total. The second kappa shape index (κ2) is 6.31. The van der Waals surface area contributed by atoms with Gasteiger partial charge < -0.3 is 14.7 Å². The van der Waals surface area contributed by atoms with Gasteiger partial charge >= 0.3 is 5.97 Å². The lowest BCUT2D eigenvalue weighted by atomic mass is 10.0. The van der Waals surface area contributed by atoms with Gasteiger partial charge in [0.05, 0.1) is 18.5 Å². The minimum atomic E-state index is -1.35. The van der Waals surface area contributed by atoms with Gasteiger partial charge in [-0.2, -0.15) is 0 Å². The van der Waals surface area contributed by atoms with Crippen molar-refractivity contribution in [1.29, 1.82) is 0 Å². The van der Waals surface area contributed by atoms with Crippen molar-refractivity contribution in [3.63, 3.8) is 0 Å². The fraction of sp³-hybridized carbons (Fsp3) is 0.375. The first-order valence-corrected chi connectivity index (χ1v) is 7.28. The molecule has 8 heteroatoms. The number of rotatable bonds is 5.